The fourth-order valence-corrected chi connectivity index (χ4v) is 1.90. The second-order valence-corrected chi connectivity index (χ2v) is 4.36. The summed E-state index contributed by atoms with van der Waals surface area (Å²) in [4.78, 5) is 12.1. The lowest BCUT2D eigenvalue weighted by Gasteiger charge is -2.06. The van der Waals surface area contributed by atoms with Gasteiger partial charge in [0.2, 0.25) is 0 Å². The van der Waals surface area contributed by atoms with Crippen LogP contribution in [0, 0.1) is 19.7 Å². The van der Waals surface area contributed by atoms with E-state index in [4.69, 9.17) is 4.74 Å². The molecule has 19 heavy (non-hydrogen) atoms. The third-order valence-corrected chi connectivity index (χ3v) is 2.87. The van der Waals surface area contributed by atoms with Crippen molar-refractivity contribution in [3.63, 3.8) is 0 Å². The molecule has 0 aliphatic carbocycles. The van der Waals surface area contributed by atoms with E-state index in [0.29, 0.717) is 5.56 Å². The first-order chi connectivity index (χ1) is 9.01. The SMILES string of the molecule is COc1ccc(C(=O)Cn2nc(C)cc2C)cc1F. The van der Waals surface area contributed by atoms with E-state index in [1.807, 2.05) is 19.9 Å². The highest BCUT2D eigenvalue weighted by Crippen LogP contribution is 2.18. The molecule has 2 rings (SSSR count). The van der Waals surface area contributed by atoms with Gasteiger partial charge in [0.15, 0.2) is 17.3 Å². The summed E-state index contributed by atoms with van der Waals surface area (Å²) in [5.74, 6) is -0.600. The molecule has 0 bridgehead atoms. The summed E-state index contributed by atoms with van der Waals surface area (Å²) >= 11 is 0. The Hall–Kier alpha value is -2.17. The smallest absolute Gasteiger partial charge is 0.184 e. The number of halogens is 1. The normalized spacial score (nSPS) is 10.5. The van der Waals surface area contributed by atoms with Gasteiger partial charge in [-0.25, -0.2) is 4.39 Å². The molecule has 2 aromatic rings. The van der Waals surface area contributed by atoms with Crippen molar-refractivity contribution in [3.05, 3.63) is 47.0 Å². The van der Waals surface area contributed by atoms with E-state index in [1.54, 1.807) is 10.7 Å². The number of nitrogens with zero attached hydrogens (tertiary/aromatic N) is 2. The molecule has 1 aromatic heterocycles. The van der Waals surface area contributed by atoms with E-state index in [-0.39, 0.29) is 18.1 Å². The summed E-state index contributed by atoms with van der Waals surface area (Å²) in [6.45, 7) is 3.84. The maximum absolute atomic E-state index is 13.5. The Morgan fingerprint density at radius 3 is 2.63 bits per heavy atom. The number of aryl methyl sites for hydroxylation is 2. The van der Waals surface area contributed by atoms with Crippen molar-refractivity contribution >= 4 is 5.78 Å². The molecule has 0 amide bonds. The number of carbonyl (C=O) groups excluding carboxylic acids is 1. The van der Waals surface area contributed by atoms with Crippen LogP contribution in [0.3, 0.4) is 0 Å². The predicted octanol–water partition coefficient (Wildman–Crippen LogP) is 2.53. The minimum Gasteiger partial charge on any atom is -0.494 e. The average molecular weight is 262 g/mol. The van der Waals surface area contributed by atoms with Crippen LogP contribution in [0.5, 0.6) is 5.75 Å². The Morgan fingerprint density at radius 1 is 1.37 bits per heavy atom. The van der Waals surface area contributed by atoms with Gasteiger partial charge < -0.3 is 4.74 Å². The summed E-state index contributed by atoms with van der Waals surface area (Å²) in [6, 6.07) is 6.08. The zero-order valence-electron chi connectivity index (χ0n) is 11.1. The number of methoxy groups -OCH3 is 1. The minimum absolute atomic E-state index is 0.103. The number of hydrogen-bond donors (Lipinski definition) is 0. The van der Waals surface area contributed by atoms with Crippen LogP contribution >= 0.6 is 0 Å². The monoisotopic (exact) mass is 262 g/mol. The van der Waals surface area contributed by atoms with Crippen LogP contribution in [0.4, 0.5) is 4.39 Å². The maximum Gasteiger partial charge on any atom is 0.184 e. The minimum atomic E-state index is -0.540. The molecule has 0 fully saturated rings. The number of rotatable bonds is 4. The Kier molecular flexibility index (Phi) is 3.64. The van der Waals surface area contributed by atoms with Gasteiger partial charge >= 0.3 is 0 Å². The summed E-state index contributed by atoms with van der Waals surface area (Å²) in [5.41, 5.74) is 2.07. The molecule has 1 aromatic carbocycles. The van der Waals surface area contributed by atoms with Crippen molar-refractivity contribution in [2.24, 2.45) is 0 Å². The standard InChI is InChI=1S/C14H15FN2O2/c1-9-6-10(2)17(16-9)8-13(18)11-4-5-14(19-3)12(15)7-11/h4-7H,8H2,1-3H3. The van der Waals surface area contributed by atoms with E-state index in [1.165, 1.54) is 19.2 Å². The fraction of sp³-hybridized carbons (Fsp3) is 0.286. The number of hydrogen-bond acceptors (Lipinski definition) is 3. The topological polar surface area (TPSA) is 44.1 Å². The molecule has 0 atom stereocenters. The number of carbonyl (C=O) groups is 1. The lowest BCUT2D eigenvalue weighted by atomic mass is 10.1. The van der Waals surface area contributed by atoms with Crippen molar-refractivity contribution in [1.82, 2.24) is 9.78 Å². The van der Waals surface area contributed by atoms with Gasteiger partial charge in [0, 0.05) is 11.3 Å². The van der Waals surface area contributed by atoms with Crippen LogP contribution in [0.2, 0.25) is 0 Å². The molecule has 0 spiro atoms. The molecule has 0 N–H and O–H groups in total. The molecular formula is C14H15FN2O2. The van der Waals surface area contributed by atoms with Crippen molar-refractivity contribution in [2.75, 3.05) is 7.11 Å². The molecule has 1 heterocycles. The van der Waals surface area contributed by atoms with Crippen molar-refractivity contribution in [2.45, 2.75) is 20.4 Å². The maximum atomic E-state index is 13.5. The number of ether oxygens (including phenoxy) is 1. The highest BCUT2D eigenvalue weighted by atomic mass is 19.1. The predicted molar refractivity (Wildman–Crippen MR) is 69.0 cm³/mol. The van der Waals surface area contributed by atoms with Crippen LogP contribution in [-0.2, 0) is 6.54 Å². The Bertz CT molecular complexity index is 620. The van der Waals surface area contributed by atoms with E-state index < -0.39 is 5.82 Å². The number of ketones is 1. The molecule has 0 aliphatic rings. The molecule has 0 aliphatic heterocycles. The number of Topliss-reactive ketones (excluding diaryl/α,β-unsaturated/α-hetero) is 1. The van der Waals surface area contributed by atoms with Gasteiger partial charge in [0.25, 0.3) is 0 Å². The largest absolute Gasteiger partial charge is 0.494 e. The summed E-state index contributed by atoms with van der Waals surface area (Å²) in [7, 11) is 1.38. The molecule has 0 saturated carbocycles. The van der Waals surface area contributed by atoms with Crippen LogP contribution in [0.15, 0.2) is 24.3 Å². The molecule has 0 radical (unpaired) electrons. The summed E-state index contributed by atoms with van der Waals surface area (Å²) in [6.07, 6.45) is 0. The average Bonchev–Trinajstić information content (AvgIpc) is 2.67. The third-order valence-electron chi connectivity index (χ3n) is 2.87. The molecule has 100 valence electrons. The first kappa shape index (κ1) is 13.3. The summed E-state index contributed by atoms with van der Waals surface area (Å²) in [5, 5.41) is 4.21. The zero-order chi connectivity index (χ0) is 14.0. The molecule has 0 unspecified atom stereocenters. The molecule has 5 heteroatoms. The fourth-order valence-electron chi connectivity index (χ4n) is 1.90. The Morgan fingerprint density at radius 2 is 2.11 bits per heavy atom. The number of aromatic nitrogens is 2. The molecule has 4 nitrogen and oxygen atoms in total. The van der Waals surface area contributed by atoms with E-state index >= 15 is 0 Å². The van der Waals surface area contributed by atoms with Gasteiger partial charge in [0.1, 0.15) is 6.54 Å². The van der Waals surface area contributed by atoms with E-state index in [9.17, 15) is 9.18 Å². The van der Waals surface area contributed by atoms with Crippen molar-refractivity contribution in [3.8, 4) is 5.75 Å². The van der Waals surface area contributed by atoms with Crippen LogP contribution in [0.25, 0.3) is 0 Å². The lowest BCUT2D eigenvalue weighted by Crippen LogP contribution is -2.13. The first-order valence-corrected chi connectivity index (χ1v) is 5.89. The third kappa shape index (κ3) is 2.81. The van der Waals surface area contributed by atoms with E-state index in [0.717, 1.165) is 11.4 Å². The van der Waals surface area contributed by atoms with Crippen LogP contribution in [0.1, 0.15) is 21.7 Å². The van der Waals surface area contributed by atoms with Crippen molar-refractivity contribution in [1.29, 1.82) is 0 Å². The van der Waals surface area contributed by atoms with Crippen LogP contribution < -0.4 is 4.74 Å². The molecular weight excluding hydrogens is 247 g/mol. The van der Waals surface area contributed by atoms with Crippen molar-refractivity contribution < 1.29 is 13.9 Å². The second kappa shape index (κ2) is 5.22. The second-order valence-electron chi connectivity index (χ2n) is 4.36. The van der Waals surface area contributed by atoms with Gasteiger partial charge in [-0.3, -0.25) is 9.48 Å². The van der Waals surface area contributed by atoms with Gasteiger partial charge in [-0.2, -0.15) is 5.10 Å². The zero-order valence-corrected chi connectivity index (χ0v) is 11.1. The number of benzene rings is 1. The van der Waals surface area contributed by atoms with Crippen LogP contribution in [-0.4, -0.2) is 22.7 Å². The van der Waals surface area contributed by atoms with Gasteiger partial charge in [-0.05, 0) is 38.1 Å². The lowest BCUT2D eigenvalue weighted by molar-refractivity contribution is 0.0966. The summed E-state index contributed by atoms with van der Waals surface area (Å²) < 4.78 is 20.0. The van der Waals surface area contributed by atoms with Gasteiger partial charge in [-0.1, -0.05) is 0 Å². The van der Waals surface area contributed by atoms with Gasteiger partial charge in [0.05, 0.1) is 12.8 Å². The van der Waals surface area contributed by atoms with E-state index in [2.05, 4.69) is 5.10 Å². The Balaban J connectivity index is 2.20. The highest BCUT2D eigenvalue weighted by Gasteiger charge is 2.12. The molecule has 0 saturated heterocycles. The highest BCUT2D eigenvalue weighted by molar-refractivity contribution is 5.96. The quantitative estimate of drug-likeness (QED) is 0.795. The first-order valence-electron chi connectivity index (χ1n) is 5.89. The Labute approximate surface area is 110 Å². The van der Waals surface area contributed by atoms with Gasteiger partial charge in [-0.15, -0.1) is 0 Å².